The highest BCUT2D eigenvalue weighted by atomic mass is 16.5. The molecule has 0 aliphatic heterocycles. The van der Waals surface area contributed by atoms with Gasteiger partial charge in [0.05, 0.1) is 0 Å². The summed E-state index contributed by atoms with van der Waals surface area (Å²) in [5.41, 5.74) is 2.52. The Bertz CT molecular complexity index is 1270. The van der Waals surface area contributed by atoms with Gasteiger partial charge in [-0.2, -0.15) is 5.26 Å². The first-order chi connectivity index (χ1) is 15.2. The van der Waals surface area contributed by atoms with Crippen LogP contribution in [0.1, 0.15) is 11.1 Å². The van der Waals surface area contributed by atoms with Crippen LogP contribution >= 0.6 is 0 Å². The molecule has 4 rings (SSSR count). The Balaban J connectivity index is 1.40. The molecule has 1 amide bonds. The number of carbonyl (C=O) groups excluding carboxylic acids is 1. The predicted octanol–water partition coefficient (Wildman–Crippen LogP) is 5.96. The minimum absolute atomic E-state index is 0.0358. The van der Waals surface area contributed by atoms with Gasteiger partial charge in [-0.25, -0.2) is 0 Å². The minimum atomic E-state index is -0.440. The molecule has 0 heterocycles. The van der Waals surface area contributed by atoms with Crippen molar-refractivity contribution in [3.8, 4) is 11.8 Å². The monoisotopic (exact) mass is 404 g/mol. The number of fused-ring (bicyclic) bond motifs is 1. The number of carbonyl (C=O) groups is 1. The van der Waals surface area contributed by atoms with E-state index in [1.165, 1.54) is 10.8 Å². The summed E-state index contributed by atoms with van der Waals surface area (Å²) in [7, 11) is 0. The maximum Gasteiger partial charge on any atom is 0.266 e. The number of anilines is 1. The van der Waals surface area contributed by atoms with E-state index in [0.717, 1.165) is 16.9 Å². The predicted molar refractivity (Wildman–Crippen MR) is 123 cm³/mol. The molecule has 4 heteroatoms. The molecule has 1 N–H and O–H groups in total. The zero-order valence-electron chi connectivity index (χ0n) is 16.8. The number of amides is 1. The number of nitriles is 1. The van der Waals surface area contributed by atoms with E-state index < -0.39 is 5.91 Å². The van der Waals surface area contributed by atoms with E-state index in [9.17, 15) is 10.1 Å². The number of hydrogen-bond donors (Lipinski definition) is 1. The second kappa shape index (κ2) is 9.43. The molecule has 0 atom stereocenters. The van der Waals surface area contributed by atoms with Crippen molar-refractivity contribution in [2.24, 2.45) is 0 Å². The van der Waals surface area contributed by atoms with Gasteiger partial charge in [0, 0.05) is 5.69 Å². The van der Waals surface area contributed by atoms with Crippen molar-refractivity contribution in [3.05, 3.63) is 114 Å². The van der Waals surface area contributed by atoms with E-state index in [1.54, 1.807) is 18.2 Å². The summed E-state index contributed by atoms with van der Waals surface area (Å²) in [6.45, 7) is 0.461. The van der Waals surface area contributed by atoms with Crippen molar-refractivity contribution in [1.82, 2.24) is 0 Å². The van der Waals surface area contributed by atoms with Crippen LogP contribution < -0.4 is 10.1 Å². The first-order valence-corrected chi connectivity index (χ1v) is 9.90. The van der Waals surface area contributed by atoms with E-state index in [2.05, 4.69) is 35.6 Å². The molecule has 0 spiro atoms. The van der Waals surface area contributed by atoms with Crippen LogP contribution in [0.25, 0.3) is 16.8 Å². The van der Waals surface area contributed by atoms with Gasteiger partial charge in [-0.05, 0) is 58.3 Å². The lowest BCUT2D eigenvalue weighted by Crippen LogP contribution is -2.13. The smallest absolute Gasteiger partial charge is 0.266 e. The third-order valence-corrected chi connectivity index (χ3v) is 4.81. The molecule has 0 bridgehead atoms. The number of ether oxygens (including phenoxy) is 1. The Morgan fingerprint density at radius 1 is 0.871 bits per heavy atom. The van der Waals surface area contributed by atoms with Gasteiger partial charge in [0.25, 0.3) is 5.91 Å². The van der Waals surface area contributed by atoms with E-state index in [-0.39, 0.29) is 5.57 Å². The average Bonchev–Trinajstić information content (AvgIpc) is 2.82. The first kappa shape index (κ1) is 19.9. The lowest BCUT2D eigenvalue weighted by Gasteiger charge is -2.08. The summed E-state index contributed by atoms with van der Waals surface area (Å²) in [4.78, 5) is 12.3. The fourth-order valence-electron chi connectivity index (χ4n) is 3.19. The Labute approximate surface area is 181 Å². The van der Waals surface area contributed by atoms with Crippen LogP contribution in [-0.4, -0.2) is 5.91 Å². The summed E-state index contributed by atoms with van der Waals surface area (Å²) in [6, 6.07) is 32.8. The van der Waals surface area contributed by atoms with Crippen LogP contribution in [0.5, 0.6) is 5.75 Å². The van der Waals surface area contributed by atoms with Crippen LogP contribution in [0.4, 0.5) is 5.69 Å². The topological polar surface area (TPSA) is 62.1 Å². The molecule has 0 aliphatic carbocycles. The molecule has 0 saturated carbocycles. The highest BCUT2D eigenvalue weighted by molar-refractivity contribution is 6.09. The fraction of sp³-hybridized carbons (Fsp3) is 0.0370. The maximum atomic E-state index is 12.3. The quantitative estimate of drug-likeness (QED) is 0.318. The van der Waals surface area contributed by atoms with E-state index >= 15 is 0 Å². The van der Waals surface area contributed by atoms with Crippen molar-refractivity contribution >= 4 is 28.4 Å². The van der Waals surface area contributed by atoms with Gasteiger partial charge in [-0.15, -0.1) is 0 Å². The van der Waals surface area contributed by atoms with Crippen LogP contribution in [0.2, 0.25) is 0 Å². The fourth-order valence-corrected chi connectivity index (χ4v) is 3.19. The van der Waals surface area contributed by atoms with Gasteiger partial charge >= 0.3 is 0 Å². The molecular formula is C27H20N2O2. The molecule has 4 aromatic rings. The number of rotatable bonds is 6. The highest BCUT2D eigenvalue weighted by Gasteiger charge is 2.09. The van der Waals surface area contributed by atoms with Crippen molar-refractivity contribution in [2.75, 3.05) is 5.32 Å². The van der Waals surface area contributed by atoms with E-state index in [4.69, 9.17) is 4.74 Å². The second-order valence-corrected chi connectivity index (χ2v) is 7.03. The summed E-state index contributed by atoms with van der Waals surface area (Å²) >= 11 is 0. The highest BCUT2D eigenvalue weighted by Crippen LogP contribution is 2.19. The van der Waals surface area contributed by atoms with Crippen LogP contribution in [0.3, 0.4) is 0 Å². The van der Waals surface area contributed by atoms with Crippen LogP contribution in [0.15, 0.2) is 103 Å². The zero-order chi connectivity index (χ0) is 21.5. The Hall–Kier alpha value is -4.36. The van der Waals surface area contributed by atoms with Crippen molar-refractivity contribution in [3.63, 3.8) is 0 Å². The van der Waals surface area contributed by atoms with Gasteiger partial charge in [0.2, 0.25) is 0 Å². The van der Waals surface area contributed by atoms with Gasteiger partial charge in [-0.3, -0.25) is 4.79 Å². The van der Waals surface area contributed by atoms with Gasteiger partial charge in [0.15, 0.2) is 0 Å². The molecule has 0 unspecified atom stereocenters. The van der Waals surface area contributed by atoms with Gasteiger partial charge < -0.3 is 10.1 Å². The third-order valence-electron chi connectivity index (χ3n) is 4.81. The Morgan fingerprint density at radius 3 is 2.32 bits per heavy atom. The molecule has 4 aromatic carbocycles. The summed E-state index contributed by atoms with van der Waals surface area (Å²) in [5, 5.41) is 14.5. The van der Waals surface area contributed by atoms with Crippen LogP contribution in [0, 0.1) is 11.3 Å². The lowest BCUT2D eigenvalue weighted by molar-refractivity contribution is -0.112. The molecule has 0 radical (unpaired) electrons. The second-order valence-electron chi connectivity index (χ2n) is 7.03. The zero-order valence-corrected chi connectivity index (χ0v) is 16.8. The number of para-hydroxylation sites is 1. The average molecular weight is 404 g/mol. The molecule has 31 heavy (non-hydrogen) atoms. The van der Waals surface area contributed by atoms with Crippen molar-refractivity contribution < 1.29 is 9.53 Å². The molecule has 4 nitrogen and oxygen atoms in total. The standard InChI is InChI=1S/C27H20N2O2/c28-18-24(27(30)29-25-8-2-1-3-9-25)16-20-11-14-26(15-12-20)31-19-21-10-13-22-6-4-5-7-23(22)17-21/h1-17H,19H2,(H,29,30)/b24-16-. The Kier molecular flexibility index (Phi) is 6.06. The Morgan fingerprint density at radius 2 is 1.58 bits per heavy atom. The first-order valence-electron chi connectivity index (χ1n) is 9.90. The lowest BCUT2D eigenvalue weighted by atomic mass is 10.1. The van der Waals surface area contributed by atoms with Crippen LogP contribution in [-0.2, 0) is 11.4 Å². The van der Waals surface area contributed by atoms with Crippen molar-refractivity contribution in [1.29, 1.82) is 5.26 Å². The van der Waals surface area contributed by atoms with E-state index in [1.807, 2.05) is 60.7 Å². The molecule has 0 fully saturated rings. The number of benzene rings is 4. The van der Waals surface area contributed by atoms with E-state index in [0.29, 0.717) is 12.3 Å². The summed E-state index contributed by atoms with van der Waals surface area (Å²) < 4.78 is 5.89. The summed E-state index contributed by atoms with van der Waals surface area (Å²) in [6.07, 6.45) is 1.56. The SMILES string of the molecule is N#C/C(=C/c1ccc(OCc2ccc3ccccc3c2)cc1)C(=O)Nc1ccccc1. The number of nitrogens with zero attached hydrogens (tertiary/aromatic N) is 1. The normalized spacial score (nSPS) is 11.0. The van der Waals surface area contributed by atoms with Gasteiger partial charge in [0.1, 0.15) is 24.0 Å². The van der Waals surface area contributed by atoms with Crippen molar-refractivity contribution in [2.45, 2.75) is 6.61 Å². The van der Waals surface area contributed by atoms with Gasteiger partial charge in [-0.1, -0.05) is 66.7 Å². The number of hydrogen-bond acceptors (Lipinski definition) is 3. The summed E-state index contributed by atoms with van der Waals surface area (Å²) in [5.74, 6) is 0.280. The molecule has 0 saturated heterocycles. The molecule has 150 valence electrons. The minimum Gasteiger partial charge on any atom is -0.489 e. The third kappa shape index (κ3) is 5.17. The molecule has 0 aromatic heterocycles. The number of nitrogens with one attached hydrogen (secondary N) is 1. The molecule has 0 aliphatic rings. The largest absolute Gasteiger partial charge is 0.489 e. The molecular weight excluding hydrogens is 384 g/mol. The maximum absolute atomic E-state index is 12.3.